The van der Waals surface area contributed by atoms with E-state index in [0.29, 0.717) is 16.6 Å². The Bertz CT molecular complexity index is 616. The highest BCUT2D eigenvalue weighted by Crippen LogP contribution is 2.32. The molecule has 0 spiro atoms. The van der Waals surface area contributed by atoms with Gasteiger partial charge in [-0.15, -0.1) is 0 Å². The van der Waals surface area contributed by atoms with Crippen LogP contribution < -0.4 is 10.1 Å². The summed E-state index contributed by atoms with van der Waals surface area (Å²) in [7, 11) is 3.34. The van der Waals surface area contributed by atoms with E-state index in [9.17, 15) is 8.78 Å². The SMILES string of the molecule is CNC(Cc1ccc(F)cc1)c1cc(Br)c(F)cc1OC. The van der Waals surface area contributed by atoms with E-state index in [1.165, 1.54) is 25.3 Å². The topological polar surface area (TPSA) is 21.3 Å². The van der Waals surface area contributed by atoms with Crippen molar-refractivity contribution in [3.8, 4) is 5.75 Å². The molecule has 21 heavy (non-hydrogen) atoms. The third kappa shape index (κ3) is 3.80. The van der Waals surface area contributed by atoms with Crippen LogP contribution in [0.3, 0.4) is 0 Å². The number of likely N-dealkylation sites (N-methyl/N-ethyl adjacent to an activating group) is 1. The number of methoxy groups -OCH3 is 1. The number of nitrogens with one attached hydrogen (secondary N) is 1. The minimum Gasteiger partial charge on any atom is -0.496 e. The van der Waals surface area contributed by atoms with Crippen LogP contribution in [0.25, 0.3) is 0 Å². The predicted molar refractivity (Wildman–Crippen MR) is 82.6 cm³/mol. The molecule has 1 unspecified atom stereocenters. The Morgan fingerprint density at radius 3 is 2.43 bits per heavy atom. The maximum atomic E-state index is 13.6. The third-order valence-electron chi connectivity index (χ3n) is 3.35. The van der Waals surface area contributed by atoms with Gasteiger partial charge in [0.25, 0.3) is 0 Å². The first kappa shape index (κ1) is 15.9. The number of benzene rings is 2. The molecule has 0 amide bonds. The lowest BCUT2D eigenvalue weighted by atomic mass is 9.98. The molecule has 5 heteroatoms. The molecule has 0 fully saturated rings. The minimum absolute atomic E-state index is 0.0673. The van der Waals surface area contributed by atoms with Crippen LogP contribution in [-0.2, 0) is 6.42 Å². The second kappa shape index (κ2) is 7.00. The Hall–Kier alpha value is -1.46. The zero-order valence-corrected chi connectivity index (χ0v) is 13.4. The Morgan fingerprint density at radius 1 is 1.19 bits per heavy atom. The van der Waals surface area contributed by atoms with Crippen LogP contribution >= 0.6 is 15.9 Å². The number of hydrogen-bond acceptors (Lipinski definition) is 2. The van der Waals surface area contributed by atoms with Gasteiger partial charge in [0.1, 0.15) is 17.4 Å². The highest BCUT2D eigenvalue weighted by Gasteiger charge is 2.17. The molecule has 0 aliphatic carbocycles. The monoisotopic (exact) mass is 355 g/mol. The van der Waals surface area contributed by atoms with Crippen molar-refractivity contribution in [2.75, 3.05) is 14.2 Å². The van der Waals surface area contributed by atoms with E-state index in [1.54, 1.807) is 18.2 Å². The first-order valence-corrected chi connectivity index (χ1v) is 7.29. The van der Waals surface area contributed by atoms with Gasteiger partial charge in [-0.2, -0.15) is 0 Å². The number of rotatable bonds is 5. The van der Waals surface area contributed by atoms with Crippen LogP contribution in [0.5, 0.6) is 5.75 Å². The standard InChI is InChI=1S/C16H16BrF2NO/c1-20-15(7-10-3-5-11(18)6-4-10)12-8-13(17)14(19)9-16(12)21-2/h3-6,8-9,15,20H,7H2,1-2H3. The Labute approximate surface area is 131 Å². The molecular weight excluding hydrogens is 340 g/mol. The van der Waals surface area contributed by atoms with Crippen molar-refractivity contribution >= 4 is 15.9 Å². The normalized spacial score (nSPS) is 12.2. The average molecular weight is 356 g/mol. The Kier molecular flexibility index (Phi) is 5.31. The van der Waals surface area contributed by atoms with E-state index in [-0.39, 0.29) is 17.7 Å². The van der Waals surface area contributed by atoms with E-state index < -0.39 is 0 Å². The number of halogens is 3. The summed E-state index contributed by atoms with van der Waals surface area (Å²) in [5, 5.41) is 3.19. The summed E-state index contributed by atoms with van der Waals surface area (Å²) in [5.41, 5.74) is 1.83. The summed E-state index contributed by atoms with van der Waals surface area (Å²) in [6.45, 7) is 0. The van der Waals surface area contributed by atoms with Gasteiger partial charge < -0.3 is 10.1 Å². The molecule has 2 nitrogen and oxygen atoms in total. The van der Waals surface area contributed by atoms with Gasteiger partial charge >= 0.3 is 0 Å². The van der Waals surface area contributed by atoms with Gasteiger partial charge in [-0.3, -0.25) is 0 Å². The molecule has 2 rings (SSSR count). The summed E-state index contributed by atoms with van der Waals surface area (Å²) < 4.78 is 32.2. The van der Waals surface area contributed by atoms with Crippen LogP contribution in [0.1, 0.15) is 17.2 Å². The summed E-state index contributed by atoms with van der Waals surface area (Å²) in [6.07, 6.45) is 0.644. The van der Waals surface area contributed by atoms with Gasteiger partial charge in [0, 0.05) is 17.7 Å². The van der Waals surface area contributed by atoms with Crippen LogP contribution in [0.4, 0.5) is 8.78 Å². The largest absolute Gasteiger partial charge is 0.496 e. The number of hydrogen-bond donors (Lipinski definition) is 1. The third-order valence-corrected chi connectivity index (χ3v) is 3.96. The molecule has 1 atom stereocenters. The molecule has 0 saturated carbocycles. The molecule has 1 N–H and O–H groups in total. The lowest BCUT2D eigenvalue weighted by Crippen LogP contribution is -2.19. The van der Waals surface area contributed by atoms with Crippen molar-refractivity contribution in [3.63, 3.8) is 0 Å². The van der Waals surface area contributed by atoms with Crippen molar-refractivity contribution in [1.29, 1.82) is 0 Å². The highest BCUT2D eigenvalue weighted by atomic mass is 79.9. The smallest absolute Gasteiger partial charge is 0.141 e. The first-order valence-electron chi connectivity index (χ1n) is 6.49. The molecule has 0 aromatic heterocycles. The van der Waals surface area contributed by atoms with E-state index in [2.05, 4.69) is 21.2 Å². The maximum absolute atomic E-state index is 13.6. The lowest BCUT2D eigenvalue weighted by molar-refractivity contribution is 0.397. The summed E-state index contributed by atoms with van der Waals surface area (Å²) >= 11 is 3.19. The van der Waals surface area contributed by atoms with Gasteiger partial charge in [-0.05, 0) is 53.2 Å². The first-order chi connectivity index (χ1) is 10.0. The molecule has 112 valence electrons. The molecule has 0 aliphatic heterocycles. The summed E-state index contributed by atoms with van der Waals surface area (Å²) in [6, 6.07) is 9.34. The van der Waals surface area contributed by atoms with Gasteiger partial charge in [0.15, 0.2) is 0 Å². The molecule has 0 bridgehead atoms. The Balaban J connectivity index is 2.32. The average Bonchev–Trinajstić information content (AvgIpc) is 2.49. The minimum atomic E-state index is -0.368. The van der Waals surface area contributed by atoms with Crippen LogP contribution in [0, 0.1) is 11.6 Å². The fourth-order valence-electron chi connectivity index (χ4n) is 2.22. The van der Waals surface area contributed by atoms with E-state index in [4.69, 9.17) is 4.74 Å². The lowest BCUT2D eigenvalue weighted by Gasteiger charge is -2.20. The van der Waals surface area contributed by atoms with Gasteiger partial charge in [-0.1, -0.05) is 12.1 Å². The molecule has 2 aromatic rings. The van der Waals surface area contributed by atoms with Crippen molar-refractivity contribution in [3.05, 3.63) is 63.6 Å². The fraction of sp³-hybridized carbons (Fsp3) is 0.250. The second-order valence-electron chi connectivity index (χ2n) is 4.68. The molecule has 0 heterocycles. The van der Waals surface area contributed by atoms with E-state index in [1.807, 2.05) is 7.05 Å². The van der Waals surface area contributed by atoms with Gasteiger partial charge in [-0.25, -0.2) is 8.78 Å². The quantitative estimate of drug-likeness (QED) is 0.865. The number of ether oxygens (including phenoxy) is 1. The van der Waals surface area contributed by atoms with Crippen molar-refractivity contribution in [1.82, 2.24) is 5.32 Å². The van der Waals surface area contributed by atoms with Crippen molar-refractivity contribution in [2.45, 2.75) is 12.5 Å². The predicted octanol–water partition coefficient (Wildman–Crippen LogP) is 4.24. The molecular formula is C16H16BrF2NO. The van der Waals surface area contributed by atoms with Crippen molar-refractivity contribution in [2.24, 2.45) is 0 Å². The molecule has 0 radical (unpaired) electrons. The maximum Gasteiger partial charge on any atom is 0.141 e. The summed E-state index contributed by atoms with van der Waals surface area (Å²) in [4.78, 5) is 0. The van der Waals surface area contributed by atoms with Crippen molar-refractivity contribution < 1.29 is 13.5 Å². The zero-order chi connectivity index (χ0) is 15.4. The second-order valence-corrected chi connectivity index (χ2v) is 5.53. The van der Waals surface area contributed by atoms with E-state index >= 15 is 0 Å². The van der Waals surface area contributed by atoms with Crippen LogP contribution in [0.2, 0.25) is 0 Å². The molecule has 0 saturated heterocycles. The zero-order valence-electron chi connectivity index (χ0n) is 11.8. The fourth-order valence-corrected chi connectivity index (χ4v) is 2.58. The van der Waals surface area contributed by atoms with Crippen LogP contribution in [-0.4, -0.2) is 14.2 Å². The molecule has 2 aromatic carbocycles. The Morgan fingerprint density at radius 2 is 1.86 bits per heavy atom. The van der Waals surface area contributed by atoms with Gasteiger partial charge in [0.2, 0.25) is 0 Å². The molecule has 0 aliphatic rings. The van der Waals surface area contributed by atoms with Gasteiger partial charge in [0.05, 0.1) is 11.6 Å². The van der Waals surface area contributed by atoms with E-state index in [0.717, 1.165) is 11.1 Å². The van der Waals surface area contributed by atoms with Crippen LogP contribution in [0.15, 0.2) is 40.9 Å². The highest BCUT2D eigenvalue weighted by molar-refractivity contribution is 9.10. The summed E-state index contributed by atoms with van der Waals surface area (Å²) in [5.74, 6) is -0.147.